The van der Waals surface area contributed by atoms with Crippen molar-refractivity contribution in [2.24, 2.45) is 11.1 Å². The molecule has 5 nitrogen and oxygen atoms in total. The van der Waals surface area contributed by atoms with Crippen molar-refractivity contribution in [3.63, 3.8) is 0 Å². The SMILES string of the molecule is Cl.Cl.NCC1(C(=O)N2CCN(c3ccccc3)CC2)CCOCC1. The van der Waals surface area contributed by atoms with Crippen molar-refractivity contribution in [2.45, 2.75) is 12.8 Å². The Morgan fingerprint density at radius 1 is 1.04 bits per heavy atom. The van der Waals surface area contributed by atoms with Gasteiger partial charge in [-0.05, 0) is 25.0 Å². The number of nitrogens with two attached hydrogens (primary N) is 1. The number of carbonyl (C=O) groups excluding carboxylic acids is 1. The van der Waals surface area contributed by atoms with Crippen LogP contribution in [0.1, 0.15) is 12.8 Å². The molecule has 0 aliphatic carbocycles. The molecule has 1 aromatic carbocycles. The quantitative estimate of drug-likeness (QED) is 0.876. The van der Waals surface area contributed by atoms with Crippen LogP contribution in [0.25, 0.3) is 0 Å². The fourth-order valence-electron chi connectivity index (χ4n) is 3.41. The molecule has 2 saturated heterocycles. The summed E-state index contributed by atoms with van der Waals surface area (Å²) in [5.74, 6) is 0.228. The van der Waals surface area contributed by atoms with Crippen molar-refractivity contribution in [3.8, 4) is 0 Å². The zero-order chi connectivity index (χ0) is 15.4. The highest BCUT2D eigenvalue weighted by Crippen LogP contribution is 2.32. The lowest BCUT2D eigenvalue weighted by Crippen LogP contribution is -2.56. The fourth-order valence-corrected chi connectivity index (χ4v) is 3.41. The van der Waals surface area contributed by atoms with Gasteiger partial charge >= 0.3 is 0 Å². The number of nitrogens with zero attached hydrogens (tertiary/aromatic N) is 2. The van der Waals surface area contributed by atoms with E-state index in [1.807, 2.05) is 11.0 Å². The molecule has 0 radical (unpaired) electrons. The van der Waals surface area contributed by atoms with Crippen molar-refractivity contribution >= 4 is 36.4 Å². The minimum Gasteiger partial charge on any atom is -0.381 e. The van der Waals surface area contributed by atoms with Gasteiger partial charge in [-0.15, -0.1) is 24.8 Å². The van der Waals surface area contributed by atoms with E-state index in [4.69, 9.17) is 10.5 Å². The van der Waals surface area contributed by atoms with Gasteiger partial charge in [-0.25, -0.2) is 0 Å². The predicted octanol–water partition coefficient (Wildman–Crippen LogP) is 1.93. The van der Waals surface area contributed by atoms with Gasteiger partial charge in [-0.2, -0.15) is 0 Å². The van der Waals surface area contributed by atoms with Crippen LogP contribution in [0.15, 0.2) is 30.3 Å². The second kappa shape index (κ2) is 9.47. The number of benzene rings is 1. The molecule has 2 fully saturated rings. The van der Waals surface area contributed by atoms with E-state index in [1.165, 1.54) is 5.69 Å². The molecule has 2 aliphatic heterocycles. The summed E-state index contributed by atoms with van der Waals surface area (Å²) in [6.45, 7) is 5.03. The first-order valence-electron chi connectivity index (χ1n) is 8.12. The highest BCUT2D eigenvalue weighted by Gasteiger charge is 2.42. The molecule has 2 heterocycles. The average Bonchev–Trinajstić information content (AvgIpc) is 2.62. The number of hydrogen-bond donors (Lipinski definition) is 1. The first-order chi connectivity index (χ1) is 10.7. The lowest BCUT2D eigenvalue weighted by Gasteiger charge is -2.42. The van der Waals surface area contributed by atoms with Crippen LogP contribution >= 0.6 is 24.8 Å². The standard InChI is InChI=1S/C17H25N3O2.2ClH/c18-14-17(6-12-22-13-7-17)16(21)20-10-8-19(9-11-20)15-4-2-1-3-5-15;;/h1-5H,6-14,18H2;2*1H. The van der Waals surface area contributed by atoms with E-state index in [-0.39, 0.29) is 30.7 Å². The number of hydrogen-bond acceptors (Lipinski definition) is 4. The molecule has 24 heavy (non-hydrogen) atoms. The van der Waals surface area contributed by atoms with E-state index in [0.717, 1.165) is 39.0 Å². The van der Waals surface area contributed by atoms with Crippen LogP contribution in [-0.2, 0) is 9.53 Å². The highest BCUT2D eigenvalue weighted by molar-refractivity contribution is 5.85. The van der Waals surface area contributed by atoms with Gasteiger partial charge in [0.25, 0.3) is 0 Å². The third-order valence-corrected chi connectivity index (χ3v) is 4.98. The molecule has 7 heteroatoms. The maximum Gasteiger partial charge on any atom is 0.230 e. The lowest BCUT2D eigenvalue weighted by molar-refractivity contribution is -0.147. The summed E-state index contributed by atoms with van der Waals surface area (Å²) >= 11 is 0. The number of amides is 1. The van der Waals surface area contributed by atoms with E-state index in [9.17, 15) is 4.79 Å². The highest BCUT2D eigenvalue weighted by atomic mass is 35.5. The Morgan fingerprint density at radius 2 is 1.62 bits per heavy atom. The van der Waals surface area contributed by atoms with Crippen molar-refractivity contribution < 1.29 is 9.53 Å². The summed E-state index contributed by atoms with van der Waals surface area (Å²) in [5.41, 5.74) is 6.79. The maximum atomic E-state index is 12.9. The molecule has 0 spiro atoms. The van der Waals surface area contributed by atoms with Gasteiger partial charge in [0.05, 0.1) is 5.41 Å². The largest absolute Gasteiger partial charge is 0.381 e. The summed E-state index contributed by atoms with van der Waals surface area (Å²) < 4.78 is 5.40. The summed E-state index contributed by atoms with van der Waals surface area (Å²) in [5, 5.41) is 0. The first kappa shape index (κ1) is 21.0. The van der Waals surface area contributed by atoms with Crippen LogP contribution in [0.4, 0.5) is 5.69 Å². The van der Waals surface area contributed by atoms with Crippen LogP contribution in [0.5, 0.6) is 0 Å². The molecule has 1 aromatic rings. The zero-order valence-corrected chi connectivity index (χ0v) is 15.5. The van der Waals surface area contributed by atoms with Crippen molar-refractivity contribution in [1.82, 2.24) is 4.90 Å². The molecule has 2 N–H and O–H groups in total. The molecular formula is C17H27Cl2N3O2. The number of ether oxygens (including phenoxy) is 1. The molecule has 2 aliphatic rings. The number of piperazine rings is 1. The summed E-state index contributed by atoms with van der Waals surface area (Å²) in [7, 11) is 0. The van der Waals surface area contributed by atoms with E-state index < -0.39 is 5.41 Å². The Balaban J connectivity index is 0.00000144. The van der Waals surface area contributed by atoms with Crippen LogP contribution in [0.2, 0.25) is 0 Å². The average molecular weight is 376 g/mol. The number of carbonyl (C=O) groups is 1. The van der Waals surface area contributed by atoms with Gasteiger partial charge in [-0.1, -0.05) is 18.2 Å². The Morgan fingerprint density at radius 3 is 2.17 bits per heavy atom. The normalized spacial score (nSPS) is 19.9. The van der Waals surface area contributed by atoms with Gasteiger partial charge in [-0.3, -0.25) is 4.79 Å². The topological polar surface area (TPSA) is 58.8 Å². The maximum absolute atomic E-state index is 12.9. The summed E-state index contributed by atoms with van der Waals surface area (Å²) in [6, 6.07) is 10.4. The van der Waals surface area contributed by atoms with E-state index in [1.54, 1.807) is 0 Å². The fraction of sp³-hybridized carbons (Fsp3) is 0.588. The van der Waals surface area contributed by atoms with Gasteiger partial charge in [0, 0.05) is 51.6 Å². The number of rotatable bonds is 3. The molecule has 0 bridgehead atoms. The van der Waals surface area contributed by atoms with Gasteiger partial charge in [0.1, 0.15) is 0 Å². The Labute approximate surface area is 156 Å². The van der Waals surface area contributed by atoms with Crippen LogP contribution in [0, 0.1) is 5.41 Å². The third-order valence-electron chi connectivity index (χ3n) is 4.98. The third kappa shape index (κ3) is 4.33. The van der Waals surface area contributed by atoms with E-state index in [0.29, 0.717) is 19.8 Å². The van der Waals surface area contributed by atoms with E-state index >= 15 is 0 Å². The Hall–Kier alpha value is -1.01. The Kier molecular flexibility index (Phi) is 8.30. The smallest absolute Gasteiger partial charge is 0.230 e. The summed E-state index contributed by atoms with van der Waals surface area (Å²) in [4.78, 5) is 17.3. The number of anilines is 1. The molecule has 0 unspecified atom stereocenters. The predicted molar refractivity (Wildman–Crippen MR) is 101 cm³/mol. The Bertz CT molecular complexity index is 502. The van der Waals surface area contributed by atoms with Gasteiger partial charge in [0.15, 0.2) is 0 Å². The second-order valence-corrected chi connectivity index (χ2v) is 6.21. The molecule has 1 amide bonds. The summed E-state index contributed by atoms with van der Waals surface area (Å²) in [6.07, 6.45) is 1.50. The van der Waals surface area contributed by atoms with E-state index in [2.05, 4.69) is 29.2 Å². The van der Waals surface area contributed by atoms with Crippen molar-refractivity contribution in [1.29, 1.82) is 0 Å². The van der Waals surface area contributed by atoms with Gasteiger partial charge in [0.2, 0.25) is 5.91 Å². The molecule has 0 atom stereocenters. The van der Waals surface area contributed by atoms with Crippen LogP contribution in [-0.4, -0.2) is 56.7 Å². The van der Waals surface area contributed by atoms with Crippen LogP contribution in [0.3, 0.4) is 0 Å². The van der Waals surface area contributed by atoms with Crippen molar-refractivity contribution in [2.75, 3.05) is 50.8 Å². The molecule has 0 aromatic heterocycles. The first-order valence-corrected chi connectivity index (χ1v) is 8.12. The van der Waals surface area contributed by atoms with Crippen LogP contribution < -0.4 is 10.6 Å². The minimum atomic E-state index is -0.396. The second-order valence-electron chi connectivity index (χ2n) is 6.21. The molecule has 3 rings (SSSR count). The van der Waals surface area contributed by atoms with Gasteiger partial charge < -0.3 is 20.3 Å². The molecule has 136 valence electrons. The molecular weight excluding hydrogens is 349 g/mol. The monoisotopic (exact) mass is 375 g/mol. The zero-order valence-electron chi connectivity index (χ0n) is 13.9. The number of para-hydroxylation sites is 1. The minimum absolute atomic E-state index is 0. The number of halogens is 2. The van der Waals surface area contributed by atoms with Crippen molar-refractivity contribution in [3.05, 3.63) is 30.3 Å². The lowest BCUT2D eigenvalue weighted by atomic mass is 9.78. The molecule has 0 saturated carbocycles.